The molecule has 0 saturated carbocycles. The molecule has 2 aliphatic rings. The molecule has 1 atom stereocenters. The van der Waals surface area contributed by atoms with Crippen LogP contribution < -0.4 is 0 Å². The Bertz CT molecular complexity index is 1070. The van der Waals surface area contributed by atoms with E-state index in [-0.39, 0.29) is 5.91 Å². The smallest absolute Gasteiger partial charge is 0.276 e. The number of hydrogen-bond acceptors (Lipinski definition) is 5. The molecule has 0 aliphatic carbocycles. The van der Waals surface area contributed by atoms with Gasteiger partial charge in [-0.1, -0.05) is 30.3 Å². The minimum Gasteiger partial charge on any atom is -0.336 e. The van der Waals surface area contributed by atoms with Crippen molar-refractivity contribution in [2.45, 2.75) is 37.8 Å². The standard InChI is InChI=1S/C25H32N6O/c1-28(2)21-11-15-30(17-21)25(32)23-24-26-12-8-22(31(24)18-27-23)20-9-13-29(14-10-20)16-19-6-4-3-5-7-19/h3-8,12,18,20-21H,9-11,13-17H2,1-2H3/t21-/m0/s1. The van der Waals surface area contributed by atoms with Gasteiger partial charge in [0.15, 0.2) is 11.3 Å². The molecular weight excluding hydrogens is 400 g/mol. The molecule has 2 saturated heterocycles. The summed E-state index contributed by atoms with van der Waals surface area (Å²) in [4.78, 5) is 28.9. The molecule has 2 aromatic heterocycles. The lowest BCUT2D eigenvalue weighted by atomic mass is 9.93. The maximum Gasteiger partial charge on any atom is 0.276 e. The maximum absolute atomic E-state index is 13.2. The number of benzene rings is 1. The summed E-state index contributed by atoms with van der Waals surface area (Å²) in [6.45, 7) is 4.69. The van der Waals surface area contributed by atoms with E-state index in [0.717, 1.165) is 52.0 Å². The number of imidazole rings is 1. The van der Waals surface area contributed by atoms with Crippen molar-refractivity contribution in [3.05, 3.63) is 65.9 Å². The molecule has 0 N–H and O–H groups in total. The predicted octanol–water partition coefficient (Wildman–Crippen LogP) is 2.89. The molecular formula is C25H32N6O. The van der Waals surface area contributed by atoms with E-state index in [1.807, 2.05) is 15.5 Å². The van der Waals surface area contributed by atoms with Gasteiger partial charge in [0.25, 0.3) is 5.91 Å². The van der Waals surface area contributed by atoms with Crippen LogP contribution in [0.25, 0.3) is 5.65 Å². The number of piperidine rings is 1. The molecule has 2 aliphatic heterocycles. The number of carbonyl (C=O) groups is 1. The summed E-state index contributed by atoms with van der Waals surface area (Å²) >= 11 is 0. The molecule has 0 unspecified atom stereocenters. The number of carbonyl (C=O) groups excluding carboxylic acids is 1. The van der Waals surface area contributed by atoms with E-state index in [2.05, 4.69) is 70.3 Å². The van der Waals surface area contributed by atoms with E-state index in [4.69, 9.17) is 0 Å². The topological polar surface area (TPSA) is 57.0 Å². The van der Waals surface area contributed by atoms with Crippen LogP contribution in [0.2, 0.25) is 0 Å². The summed E-state index contributed by atoms with van der Waals surface area (Å²) < 4.78 is 2.05. The molecule has 1 amide bonds. The van der Waals surface area contributed by atoms with Crippen LogP contribution in [0.3, 0.4) is 0 Å². The van der Waals surface area contributed by atoms with Crippen molar-refractivity contribution in [3.63, 3.8) is 0 Å². The number of likely N-dealkylation sites (tertiary alicyclic amines) is 2. The normalized spacial score (nSPS) is 20.5. The Kier molecular flexibility index (Phi) is 5.93. The SMILES string of the molecule is CN(C)[C@H]1CCN(C(=O)c2ncn3c(C4CCN(Cc5ccccc5)CC4)ccnc23)C1. The zero-order chi connectivity index (χ0) is 22.1. The highest BCUT2D eigenvalue weighted by Gasteiger charge is 2.31. The van der Waals surface area contributed by atoms with Crippen LogP contribution in [0.5, 0.6) is 0 Å². The molecule has 168 valence electrons. The van der Waals surface area contributed by atoms with Crippen molar-refractivity contribution in [1.82, 2.24) is 29.1 Å². The highest BCUT2D eigenvalue weighted by Crippen LogP contribution is 2.29. The monoisotopic (exact) mass is 432 g/mol. The molecule has 3 aromatic rings. The van der Waals surface area contributed by atoms with E-state index in [1.165, 1.54) is 11.3 Å². The van der Waals surface area contributed by atoms with Gasteiger partial charge in [0.2, 0.25) is 0 Å². The lowest BCUT2D eigenvalue weighted by Gasteiger charge is -2.32. The Morgan fingerprint density at radius 1 is 1.03 bits per heavy atom. The molecule has 1 aromatic carbocycles. The third-order valence-electron chi connectivity index (χ3n) is 7.10. The van der Waals surface area contributed by atoms with Gasteiger partial charge < -0.3 is 9.80 Å². The van der Waals surface area contributed by atoms with Crippen LogP contribution in [-0.4, -0.2) is 81.3 Å². The van der Waals surface area contributed by atoms with E-state index in [9.17, 15) is 4.79 Å². The molecule has 7 heteroatoms. The van der Waals surface area contributed by atoms with Gasteiger partial charge in [-0.25, -0.2) is 9.97 Å². The number of fused-ring (bicyclic) bond motifs is 1. The second-order valence-electron chi connectivity index (χ2n) is 9.35. The van der Waals surface area contributed by atoms with Gasteiger partial charge in [0.05, 0.1) is 0 Å². The number of aromatic nitrogens is 3. The van der Waals surface area contributed by atoms with Crippen molar-refractivity contribution < 1.29 is 4.79 Å². The first-order valence-corrected chi connectivity index (χ1v) is 11.6. The van der Waals surface area contributed by atoms with Gasteiger partial charge in [-0.2, -0.15) is 0 Å². The third kappa shape index (κ3) is 4.14. The zero-order valence-electron chi connectivity index (χ0n) is 19.0. The van der Waals surface area contributed by atoms with Gasteiger partial charge in [0, 0.05) is 43.5 Å². The molecule has 2 fully saturated rings. The first-order valence-electron chi connectivity index (χ1n) is 11.6. The highest BCUT2D eigenvalue weighted by atomic mass is 16.2. The Hall–Kier alpha value is -2.77. The minimum atomic E-state index is -0.000759. The van der Waals surface area contributed by atoms with Crippen molar-refractivity contribution in [1.29, 1.82) is 0 Å². The number of rotatable bonds is 5. The quantitative estimate of drug-likeness (QED) is 0.621. The molecule has 5 rings (SSSR count). The number of likely N-dealkylation sites (N-methyl/N-ethyl adjacent to an activating group) is 1. The summed E-state index contributed by atoms with van der Waals surface area (Å²) in [5.74, 6) is 0.453. The van der Waals surface area contributed by atoms with E-state index >= 15 is 0 Å². The first-order chi connectivity index (χ1) is 15.6. The van der Waals surface area contributed by atoms with Gasteiger partial charge in [-0.3, -0.25) is 14.1 Å². The lowest BCUT2D eigenvalue weighted by molar-refractivity contribution is 0.0779. The molecule has 32 heavy (non-hydrogen) atoms. The van der Waals surface area contributed by atoms with E-state index < -0.39 is 0 Å². The van der Waals surface area contributed by atoms with Crippen molar-refractivity contribution in [2.75, 3.05) is 40.3 Å². The average Bonchev–Trinajstić information content (AvgIpc) is 3.48. The fraction of sp³-hybridized carbons (Fsp3) is 0.480. The van der Waals surface area contributed by atoms with Gasteiger partial charge >= 0.3 is 0 Å². The third-order valence-corrected chi connectivity index (χ3v) is 7.10. The summed E-state index contributed by atoms with van der Waals surface area (Å²) in [6.07, 6.45) is 6.84. The highest BCUT2D eigenvalue weighted by molar-refractivity contribution is 5.98. The molecule has 0 bridgehead atoms. The second kappa shape index (κ2) is 9.00. The minimum absolute atomic E-state index is 0.000759. The van der Waals surface area contributed by atoms with Crippen LogP contribution in [0, 0.1) is 0 Å². The predicted molar refractivity (Wildman–Crippen MR) is 125 cm³/mol. The molecule has 0 spiro atoms. The Labute approximate surface area is 189 Å². The Balaban J connectivity index is 1.29. The van der Waals surface area contributed by atoms with Crippen molar-refractivity contribution >= 4 is 11.6 Å². The van der Waals surface area contributed by atoms with Gasteiger partial charge in [0.1, 0.15) is 6.33 Å². The largest absolute Gasteiger partial charge is 0.336 e. The fourth-order valence-corrected chi connectivity index (χ4v) is 5.13. The van der Waals surface area contributed by atoms with Crippen molar-refractivity contribution in [3.8, 4) is 0 Å². The fourth-order valence-electron chi connectivity index (χ4n) is 5.13. The van der Waals surface area contributed by atoms with Crippen LogP contribution in [-0.2, 0) is 6.54 Å². The first kappa shape index (κ1) is 21.1. The maximum atomic E-state index is 13.2. The second-order valence-corrected chi connectivity index (χ2v) is 9.35. The average molecular weight is 433 g/mol. The van der Waals surface area contributed by atoms with E-state index in [1.54, 1.807) is 6.33 Å². The van der Waals surface area contributed by atoms with Crippen LogP contribution in [0.4, 0.5) is 0 Å². The number of amides is 1. The zero-order valence-corrected chi connectivity index (χ0v) is 19.0. The number of hydrogen-bond donors (Lipinski definition) is 0. The van der Waals surface area contributed by atoms with Crippen LogP contribution >= 0.6 is 0 Å². The molecule has 7 nitrogen and oxygen atoms in total. The summed E-state index contributed by atoms with van der Waals surface area (Å²) in [5, 5.41) is 0. The Morgan fingerprint density at radius 2 is 1.81 bits per heavy atom. The van der Waals surface area contributed by atoms with Gasteiger partial charge in [-0.05, 0) is 58.1 Å². The summed E-state index contributed by atoms with van der Waals surface area (Å²) in [5.41, 5.74) is 3.75. The van der Waals surface area contributed by atoms with Crippen LogP contribution in [0.1, 0.15) is 46.9 Å². The van der Waals surface area contributed by atoms with Crippen molar-refractivity contribution in [2.24, 2.45) is 0 Å². The van der Waals surface area contributed by atoms with E-state index in [0.29, 0.717) is 23.3 Å². The lowest BCUT2D eigenvalue weighted by Crippen LogP contribution is -2.34. The van der Waals surface area contributed by atoms with Gasteiger partial charge in [-0.15, -0.1) is 0 Å². The summed E-state index contributed by atoms with van der Waals surface area (Å²) in [7, 11) is 4.15. The Morgan fingerprint density at radius 3 is 2.53 bits per heavy atom. The summed E-state index contributed by atoms with van der Waals surface area (Å²) in [6, 6.07) is 13.2. The number of nitrogens with zero attached hydrogens (tertiary/aromatic N) is 6. The molecule has 0 radical (unpaired) electrons. The molecule has 4 heterocycles. The van der Waals surface area contributed by atoms with Crippen LogP contribution in [0.15, 0.2) is 48.9 Å².